The molecule has 0 bridgehead atoms. The molecule has 0 saturated heterocycles. The van der Waals surface area contributed by atoms with Gasteiger partial charge >= 0.3 is 0 Å². The van der Waals surface area contributed by atoms with E-state index in [1.165, 1.54) is 10.8 Å². The molecule has 0 radical (unpaired) electrons. The van der Waals surface area contributed by atoms with E-state index in [0.717, 1.165) is 31.3 Å². The Morgan fingerprint density at radius 1 is 1.19 bits per heavy atom. The average molecular weight is 397 g/mol. The second kappa shape index (κ2) is 7.49. The van der Waals surface area contributed by atoms with E-state index in [-0.39, 0.29) is 24.0 Å². The van der Waals surface area contributed by atoms with Gasteiger partial charge in [-0.15, -0.1) is 24.0 Å². The molecule has 21 heavy (non-hydrogen) atoms. The number of benzene rings is 2. The second-order valence-corrected chi connectivity index (χ2v) is 4.91. The molecule has 1 aliphatic rings. The van der Waals surface area contributed by atoms with E-state index in [1.54, 1.807) is 0 Å². The van der Waals surface area contributed by atoms with Gasteiger partial charge in [0.25, 0.3) is 0 Å². The molecule has 3 rings (SSSR count). The molecule has 0 spiro atoms. The summed E-state index contributed by atoms with van der Waals surface area (Å²) in [6.07, 6.45) is 0. The quantitative estimate of drug-likeness (QED) is 0.637. The van der Waals surface area contributed by atoms with Crippen molar-refractivity contribution in [3.63, 3.8) is 0 Å². The van der Waals surface area contributed by atoms with E-state index >= 15 is 0 Å². The first-order valence-electron chi connectivity index (χ1n) is 6.94. The minimum absolute atomic E-state index is 0. The lowest BCUT2D eigenvalue weighted by molar-refractivity contribution is 0.321. The normalized spacial score (nSPS) is 13.8. The summed E-state index contributed by atoms with van der Waals surface area (Å²) in [5, 5.41) is 5.73. The van der Waals surface area contributed by atoms with Crippen LogP contribution in [0.3, 0.4) is 0 Å². The van der Waals surface area contributed by atoms with E-state index in [2.05, 4.69) is 39.5 Å². The van der Waals surface area contributed by atoms with Gasteiger partial charge in [0.2, 0.25) is 0 Å². The molecule has 0 saturated carbocycles. The zero-order valence-corrected chi connectivity index (χ0v) is 14.4. The highest BCUT2D eigenvalue weighted by Gasteiger charge is 2.10. The zero-order valence-electron chi connectivity index (χ0n) is 12.1. The topological polar surface area (TPSA) is 36.9 Å². The predicted octanol–water partition coefficient (Wildman–Crippen LogP) is 2.73. The molecule has 5 heteroatoms. The number of hydrogen-bond donors (Lipinski definition) is 1. The summed E-state index contributed by atoms with van der Waals surface area (Å²) in [7, 11) is 2.04. The second-order valence-electron chi connectivity index (χ2n) is 4.91. The van der Waals surface area contributed by atoms with Crippen LogP contribution in [0.25, 0.3) is 10.8 Å². The monoisotopic (exact) mass is 397 g/mol. The Hall–Kier alpha value is -1.50. The van der Waals surface area contributed by atoms with Crippen LogP contribution in [0.15, 0.2) is 47.5 Å². The van der Waals surface area contributed by atoms with Crippen LogP contribution >= 0.6 is 24.0 Å². The van der Waals surface area contributed by atoms with Crippen LogP contribution in [0.1, 0.15) is 0 Å². The Morgan fingerprint density at radius 2 is 2.00 bits per heavy atom. The standard InChI is InChI=1S/C16H19N3O.HI/c1-19-10-8-17-16(19)18-9-11-20-15-7-6-13-4-2-3-5-14(13)12-15;/h2-7,12H,8-11H2,1H3,(H,17,18);1H. The van der Waals surface area contributed by atoms with Gasteiger partial charge in [-0.2, -0.15) is 0 Å². The van der Waals surface area contributed by atoms with Gasteiger partial charge in [0, 0.05) is 13.6 Å². The minimum atomic E-state index is 0. The third-order valence-corrected chi connectivity index (χ3v) is 3.43. The van der Waals surface area contributed by atoms with Crippen molar-refractivity contribution in [3.8, 4) is 5.75 Å². The fourth-order valence-corrected chi connectivity index (χ4v) is 2.31. The van der Waals surface area contributed by atoms with Crippen LogP contribution in [-0.4, -0.2) is 44.1 Å². The highest BCUT2D eigenvalue weighted by Crippen LogP contribution is 2.20. The molecule has 0 aromatic heterocycles. The van der Waals surface area contributed by atoms with Crippen LogP contribution in [-0.2, 0) is 0 Å². The highest BCUT2D eigenvalue weighted by molar-refractivity contribution is 14.0. The summed E-state index contributed by atoms with van der Waals surface area (Å²) in [5.41, 5.74) is 0. The number of halogens is 1. The summed E-state index contributed by atoms with van der Waals surface area (Å²) >= 11 is 0. The van der Waals surface area contributed by atoms with Gasteiger partial charge in [-0.3, -0.25) is 4.99 Å². The van der Waals surface area contributed by atoms with Gasteiger partial charge in [0.1, 0.15) is 12.4 Å². The number of ether oxygens (including phenoxy) is 1. The van der Waals surface area contributed by atoms with Crippen LogP contribution < -0.4 is 10.1 Å². The van der Waals surface area contributed by atoms with Gasteiger partial charge in [0.15, 0.2) is 5.96 Å². The molecule has 0 aliphatic carbocycles. The molecule has 0 atom stereocenters. The van der Waals surface area contributed by atoms with Gasteiger partial charge < -0.3 is 15.0 Å². The molecule has 1 heterocycles. The summed E-state index contributed by atoms with van der Waals surface area (Å²) < 4.78 is 5.77. The third kappa shape index (κ3) is 4.00. The maximum Gasteiger partial charge on any atom is 0.193 e. The molecule has 0 fully saturated rings. The lowest BCUT2D eigenvalue weighted by atomic mass is 10.1. The van der Waals surface area contributed by atoms with Crippen LogP contribution in [0.5, 0.6) is 5.75 Å². The third-order valence-electron chi connectivity index (χ3n) is 3.43. The zero-order chi connectivity index (χ0) is 13.8. The number of aliphatic imine (C=N–C) groups is 1. The fourth-order valence-electron chi connectivity index (χ4n) is 2.31. The lowest BCUT2D eigenvalue weighted by Crippen LogP contribution is -2.37. The van der Waals surface area contributed by atoms with Crippen LogP contribution in [0, 0.1) is 0 Å². The molecular formula is C16H20IN3O. The number of fused-ring (bicyclic) bond motifs is 1. The maximum atomic E-state index is 5.77. The van der Waals surface area contributed by atoms with Crippen LogP contribution in [0.2, 0.25) is 0 Å². The predicted molar refractivity (Wildman–Crippen MR) is 97.8 cm³/mol. The van der Waals surface area contributed by atoms with Crippen molar-refractivity contribution in [2.75, 3.05) is 33.3 Å². The summed E-state index contributed by atoms with van der Waals surface area (Å²) in [6.45, 7) is 3.26. The first-order valence-corrected chi connectivity index (χ1v) is 6.94. The first kappa shape index (κ1) is 15.9. The minimum Gasteiger partial charge on any atom is -0.492 e. The van der Waals surface area contributed by atoms with E-state index in [4.69, 9.17) is 4.74 Å². The van der Waals surface area contributed by atoms with Crippen molar-refractivity contribution in [1.29, 1.82) is 0 Å². The molecule has 1 N–H and O–H groups in total. The van der Waals surface area contributed by atoms with Gasteiger partial charge in [-0.1, -0.05) is 30.3 Å². The number of likely N-dealkylation sites (N-methyl/N-ethyl adjacent to an activating group) is 1. The smallest absolute Gasteiger partial charge is 0.193 e. The highest BCUT2D eigenvalue weighted by atomic mass is 127. The SMILES string of the molecule is CN1CCN=C1NCCOc1ccc2ccccc2c1.I. The fraction of sp³-hybridized carbons (Fsp3) is 0.312. The number of hydrogen-bond acceptors (Lipinski definition) is 4. The van der Waals surface area contributed by atoms with E-state index in [9.17, 15) is 0 Å². The molecule has 2 aromatic rings. The molecule has 1 aliphatic heterocycles. The summed E-state index contributed by atoms with van der Waals surface area (Å²) in [5.74, 6) is 1.87. The summed E-state index contributed by atoms with van der Waals surface area (Å²) in [4.78, 5) is 6.50. The summed E-state index contributed by atoms with van der Waals surface area (Å²) in [6, 6.07) is 14.5. The van der Waals surface area contributed by atoms with Crippen molar-refractivity contribution in [3.05, 3.63) is 42.5 Å². The lowest BCUT2D eigenvalue weighted by Gasteiger charge is -2.15. The molecular weight excluding hydrogens is 377 g/mol. The van der Waals surface area contributed by atoms with Crippen molar-refractivity contribution >= 4 is 40.7 Å². The average Bonchev–Trinajstić information content (AvgIpc) is 2.89. The number of rotatable bonds is 4. The largest absolute Gasteiger partial charge is 0.492 e. The molecule has 2 aromatic carbocycles. The number of nitrogens with zero attached hydrogens (tertiary/aromatic N) is 2. The Labute approximate surface area is 142 Å². The van der Waals surface area contributed by atoms with Gasteiger partial charge in [-0.25, -0.2) is 0 Å². The molecule has 4 nitrogen and oxygen atoms in total. The number of guanidine groups is 1. The van der Waals surface area contributed by atoms with Crippen molar-refractivity contribution in [2.45, 2.75) is 0 Å². The first-order chi connectivity index (χ1) is 9.83. The van der Waals surface area contributed by atoms with E-state index in [0.29, 0.717) is 6.61 Å². The molecule has 0 unspecified atom stereocenters. The van der Waals surface area contributed by atoms with E-state index < -0.39 is 0 Å². The Bertz CT molecular complexity index is 630. The van der Waals surface area contributed by atoms with Gasteiger partial charge in [0.05, 0.1) is 13.1 Å². The van der Waals surface area contributed by atoms with Crippen LogP contribution in [0.4, 0.5) is 0 Å². The molecule has 0 amide bonds. The van der Waals surface area contributed by atoms with Crippen molar-refractivity contribution in [1.82, 2.24) is 10.2 Å². The Morgan fingerprint density at radius 3 is 2.76 bits per heavy atom. The van der Waals surface area contributed by atoms with E-state index in [1.807, 2.05) is 25.2 Å². The number of nitrogens with one attached hydrogen (secondary N) is 1. The van der Waals surface area contributed by atoms with Gasteiger partial charge in [-0.05, 0) is 22.9 Å². The maximum absolute atomic E-state index is 5.77. The Kier molecular flexibility index (Phi) is 5.67. The Balaban J connectivity index is 0.00000161. The van der Waals surface area contributed by atoms with Crippen molar-refractivity contribution in [2.24, 2.45) is 4.99 Å². The van der Waals surface area contributed by atoms with Crippen molar-refractivity contribution < 1.29 is 4.74 Å². The molecule has 112 valence electrons.